The average molecular weight is 495 g/mol. The molecule has 6 nitrogen and oxygen atoms in total. The highest BCUT2D eigenvalue weighted by atomic mass is 32.2. The monoisotopic (exact) mass is 494 g/mol. The first kappa shape index (κ1) is 26.5. The minimum atomic E-state index is -0.501. The van der Waals surface area contributed by atoms with E-state index in [9.17, 15) is 19.5 Å². The highest BCUT2D eigenvalue weighted by Crippen LogP contribution is 2.41. The van der Waals surface area contributed by atoms with Gasteiger partial charge in [-0.1, -0.05) is 53.7 Å². The predicted molar refractivity (Wildman–Crippen MR) is 143 cm³/mol. The zero-order chi connectivity index (χ0) is 26.3. The summed E-state index contributed by atoms with van der Waals surface area (Å²) in [6.45, 7) is 15.5. The number of hydrogen-bond acceptors (Lipinski definition) is 5. The van der Waals surface area contributed by atoms with Crippen molar-refractivity contribution in [1.29, 1.82) is 0 Å². The zero-order valence-electron chi connectivity index (χ0n) is 21.7. The Balaban J connectivity index is 1.88. The SMILES string of the molecule is Cc1ccc(C)c(NC(=O)CN2C(=O)S/C(=C\c3cc(C(C)(C)C)c(O)c(C(C)(C)C)c3)C2=O)c1. The summed E-state index contributed by atoms with van der Waals surface area (Å²) in [6.07, 6.45) is 1.66. The lowest BCUT2D eigenvalue weighted by molar-refractivity contribution is -0.127. The molecule has 1 aliphatic heterocycles. The Morgan fingerprint density at radius 3 is 2.11 bits per heavy atom. The van der Waals surface area contributed by atoms with Crippen molar-refractivity contribution in [2.24, 2.45) is 0 Å². The molecule has 0 saturated carbocycles. The van der Waals surface area contributed by atoms with Gasteiger partial charge in [-0.05, 0) is 77.4 Å². The number of imide groups is 1. The standard InChI is InChI=1S/C28H34N2O4S/c1-16-9-10-17(2)21(11-16)29-23(31)15-30-25(33)22(35-26(30)34)14-18-12-19(27(3,4)5)24(32)20(13-18)28(6,7)8/h9-14,32H,15H2,1-8H3,(H,29,31)/b22-14-. The Morgan fingerprint density at radius 1 is 1.00 bits per heavy atom. The Bertz CT molecular complexity index is 1200. The van der Waals surface area contributed by atoms with Crippen molar-refractivity contribution in [3.8, 4) is 5.75 Å². The van der Waals surface area contributed by atoms with Gasteiger partial charge in [-0.25, -0.2) is 0 Å². The Kier molecular flexibility index (Phi) is 7.23. The van der Waals surface area contributed by atoms with Gasteiger partial charge in [-0.2, -0.15) is 0 Å². The second kappa shape index (κ2) is 9.53. The minimum Gasteiger partial charge on any atom is -0.507 e. The van der Waals surface area contributed by atoms with E-state index in [1.54, 1.807) is 6.08 Å². The number of nitrogens with zero attached hydrogens (tertiary/aromatic N) is 1. The van der Waals surface area contributed by atoms with Gasteiger partial charge in [0.1, 0.15) is 12.3 Å². The second-order valence-corrected chi connectivity index (χ2v) is 12.1. The van der Waals surface area contributed by atoms with E-state index in [2.05, 4.69) is 5.32 Å². The maximum atomic E-state index is 13.0. The lowest BCUT2D eigenvalue weighted by Gasteiger charge is -2.28. The van der Waals surface area contributed by atoms with Crippen LogP contribution in [0.2, 0.25) is 0 Å². The van der Waals surface area contributed by atoms with E-state index in [0.29, 0.717) is 5.69 Å². The molecule has 1 aliphatic rings. The fraction of sp³-hybridized carbons (Fsp3) is 0.393. The summed E-state index contributed by atoms with van der Waals surface area (Å²) in [7, 11) is 0. The minimum absolute atomic E-state index is 0.248. The van der Waals surface area contributed by atoms with Gasteiger partial charge >= 0.3 is 0 Å². The van der Waals surface area contributed by atoms with Crippen molar-refractivity contribution in [3.05, 3.63) is 63.1 Å². The molecule has 0 spiro atoms. The van der Waals surface area contributed by atoms with Crippen molar-refractivity contribution >= 4 is 40.6 Å². The van der Waals surface area contributed by atoms with Crippen LogP contribution in [0.5, 0.6) is 5.75 Å². The van der Waals surface area contributed by atoms with E-state index in [0.717, 1.165) is 44.5 Å². The fourth-order valence-electron chi connectivity index (χ4n) is 3.88. The molecule has 0 aliphatic carbocycles. The van der Waals surface area contributed by atoms with E-state index in [1.807, 2.05) is 85.7 Å². The first-order valence-corrected chi connectivity index (χ1v) is 12.4. The first-order chi connectivity index (χ1) is 16.1. The van der Waals surface area contributed by atoms with Crippen LogP contribution in [0.15, 0.2) is 35.2 Å². The molecule has 0 bridgehead atoms. The average Bonchev–Trinajstić information content (AvgIpc) is 2.97. The highest BCUT2D eigenvalue weighted by molar-refractivity contribution is 8.18. The van der Waals surface area contributed by atoms with Gasteiger partial charge in [-0.15, -0.1) is 0 Å². The number of carbonyl (C=O) groups is 3. The number of aryl methyl sites for hydroxylation is 2. The molecule has 0 aromatic heterocycles. The number of thioether (sulfide) groups is 1. The van der Waals surface area contributed by atoms with Crippen LogP contribution in [0, 0.1) is 13.8 Å². The van der Waals surface area contributed by atoms with Gasteiger partial charge in [0.25, 0.3) is 11.1 Å². The topological polar surface area (TPSA) is 86.7 Å². The quantitative estimate of drug-likeness (QED) is 0.489. The summed E-state index contributed by atoms with van der Waals surface area (Å²) in [5.41, 5.74) is 4.17. The highest BCUT2D eigenvalue weighted by Gasteiger charge is 2.36. The van der Waals surface area contributed by atoms with Gasteiger partial charge in [0.2, 0.25) is 5.91 Å². The molecule has 0 unspecified atom stereocenters. The third-order valence-corrected chi connectivity index (χ3v) is 6.80. The molecule has 2 aromatic rings. The Labute approximate surface area is 211 Å². The van der Waals surface area contributed by atoms with Gasteiger partial charge in [0.05, 0.1) is 4.91 Å². The lowest BCUT2D eigenvalue weighted by Crippen LogP contribution is -2.36. The van der Waals surface area contributed by atoms with Crippen LogP contribution in [-0.2, 0) is 20.4 Å². The smallest absolute Gasteiger partial charge is 0.294 e. The molecule has 186 valence electrons. The number of nitrogens with one attached hydrogen (secondary N) is 1. The maximum absolute atomic E-state index is 13.0. The molecule has 2 aromatic carbocycles. The molecular weight excluding hydrogens is 460 g/mol. The van der Waals surface area contributed by atoms with Gasteiger partial charge in [-0.3, -0.25) is 19.3 Å². The van der Waals surface area contributed by atoms with E-state index in [1.165, 1.54) is 0 Å². The molecule has 35 heavy (non-hydrogen) atoms. The van der Waals surface area contributed by atoms with Crippen molar-refractivity contribution in [2.45, 2.75) is 66.2 Å². The summed E-state index contributed by atoms with van der Waals surface area (Å²) >= 11 is 0.817. The van der Waals surface area contributed by atoms with Crippen molar-refractivity contribution in [1.82, 2.24) is 4.90 Å². The number of rotatable bonds is 4. The summed E-state index contributed by atoms with van der Waals surface area (Å²) in [6, 6.07) is 9.41. The number of benzene rings is 2. The molecule has 0 atom stereocenters. The van der Waals surface area contributed by atoms with Crippen LogP contribution < -0.4 is 5.32 Å². The van der Waals surface area contributed by atoms with Crippen LogP contribution in [0.1, 0.15) is 69.4 Å². The van der Waals surface area contributed by atoms with Gasteiger partial charge in [0, 0.05) is 16.8 Å². The molecular formula is C28H34N2O4S. The molecule has 1 heterocycles. The summed E-state index contributed by atoms with van der Waals surface area (Å²) in [5, 5.41) is 13.3. The first-order valence-electron chi connectivity index (χ1n) is 11.6. The molecule has 0 radical (unpaired) electrons. The molecule has 7 heteroatoms. The Hall–Kier alpha value is -3.06. The van der Waals surface area contributed by atoms with Crippen LogP contribution in [0.25, 0.3) is 6.08 Å². The normalized spacial score (nSPS) is 15.8. The largest absolute Gasteiger partial charge is 0.507 e. The van der Waals surface area contributed by atoms with Crippen LogP contribution >= 0.6 is 11.8 Å². The molecule has 1 saturated heterocycles. The molecule has 3 amide bonds. The summed E-state index contributed by atoms with van der Waals surface area (Å²) in [5.74, 6) is -0.686. The van der Waals surface area contributed by atoms with Gasteiger partial charge < -0.3 is 10.4 Å². The van der Waals surface area contributed by atoms with E-state index in [4.69, 9.17) is 0 Å². The molecule has 2 N–H and O–H groups in total. The number of phenolic OH excluding ortho intramolecular Hbond substituents is 1. The van der Waals surface area contributed by atoms with Crippen molar-refractivity contribution in [3.63, 3.8) is 0 Å². The predicted octanol–water partition coefficient (Wildman–Crippen LogP) is 6.28. The maximum Gasteiger partial charge on any atom is 0.294 e. The third-order valence-electron chi connectivity index (χ3n) is 5.89. The van der Waals surface area contributed by atoms with Crippen molar-refractivity contribution in [2.75, 3.05) is 11.9 Å². The van der Waals surface area contributed by atoms with Gasteiger partial charge in [0.15, 0.2) is 0 Å². The van der Waals surface area contributed by atoms with E-state index in [-0.39, 0.29) is 28.0 Å². The lowest BCUT2D eigenvalue weighted by atomic mass is 9.78. The summed E-state index contributed by atoms with van der Waals surface area (Å²) < 4.78 is 0. The van der Waals surface area contributed by atoms with Crippen molar-refractivity contribution < 1.29 is 19.5 Å². The summed E-state index contributed by atoms with van der Waals surface area (Å²) in [4.78, 5) is 39.5. The Morgan fingerprint density at radius 2 is 1.57 bits per heavy atom. The second-order valence-electron chi connectivity index (χ2n) is 11.1. The number of carbonyl (C=O) groups excluding carboxylic acids is 3. The fourth-order valence-corrected chi connectivity index (χ4v) is 4.71. The number of anilines is 1. The van der Waals surface area contributed by atoms with Crippen LogP contribution in [0.3, 0.4) is 0 Å². The number of phenols is 1. The zero-order valence-corrected chi connectivity index (χ0v) is 22.5. The molecule has 1 fully saturated rings. The molecule has 3 rings (SSSR count). The van der Waals surface area contributed by atoms with E-state index >= 15 is 0 Å². The number of aromatic hydroxyl groups is 1. The number of amides is 3. The third kappa shape index (κ3) is 5.96. The van der Waals surface area contributed by atoms with Crippen LogP contribution in [-0.4, -0.2) is 33.6 Å². The number of hydrogen-bond donors (Lipinski definition) is 2. The van der Waals surface area contributed by atoms with Crippen LogP contribution in [0.4, 0.5) is 10.5 Å². The van der Waals surface area contributed by atoms with E-state index < -0.39 is 17.1 Å².